The van der Waals surface area contributed by atoms with Gasteiger partial charge in [0.1, 0.15) is 5.82 Å². The van der Waals surface area contributed by atoms with Crippen LogP contribution >= 0.6 is 0 Å². The Labute approximate surface area is 104 Å². The molecule has 0 aromatic heterocycles. The molecule has 0 aliphatic heterocycles. The average molecular weight is 247 g/mol. The zero-order chi connectivity index (χ0) is 13.3. The highest BCUT2D eigenvalue weighted by Gasteiger charge is 2.22. The van der Waals surface area contributed by atoms with Gasteiger partial charge < -0.3 is 10.8 Å². The maximum Gasteiger partial charge on any atom is 0.310 e. The molecule has 3 N–H and O–H groups in total. The summed E-state index contributed by atoms with van der Waals surface area (Å²) in [6.07, 6.45) is 0.405. The van der Waals surface area contributed by atoms with Crippen molar-refractivity contribution >= 4 is 22.4 Å². The Balaban J connectivity index is 2.78. The van der Waals surface area contributed by atoms with E-state index in [1.165, 1.54) is 6.07 Å². The first kappa shape index (κ1) is 12.4. The topological polar surface area (TPSA) is 63.3 Å². The smallest absolute Gasteiger partial charge is 0.310 e. The van der Waals surface area contributed by atoms with Crippen LogP contribution in [0.15, 0.2) is 30.3 Å². The zero-order valence-electron chi connectivity index (χ0n) is 9.98. The minimum Gasteiger partial charge on any atom is -0.481 e. The van der Waals surface area contributed by atoms with Crippen LogP contribution in [0.4, 0.5) is 10.1 Å². The highest BCUT2D eigenvalue weighted by molar-refractivity contribution is 5.97. The third kappa shape index (κ3) is 1.90. The van der Waals surface area contributed by atoms with Gasteiger partial charge in [0.2, 0.25) is 0 Å². The van der Waals surface area contributed by atoms with Crippen molar-refractivity contribution in [3.05, 3.63) is 41.7 Å². The van der Waals surface area contributed by atoms with Crippen LogP contribution in [0.5, 0.6) is 0 Å². The number of carbonyl (C=O) groups is 1. The maximum absolute atomic E-state index is 13.8. The Morgan fingerprint density at radius 2 is 2.00 bits per heavy atom. The second kappa shape index (κ2) is 4.64. The number of benzene rings is 2. The monoisotopic (exact) mass is 247 g/mol. The largest absolute Gasteiger partial charge is 0.481 e. The zero-order valence-corrected chi connectivity index (χ0v) is 9.98. The summed E-state index contributed by atoms with van der Waals surface area (Å²) in [6.45, 7) is 1.77. The van der Waals surface area contributed by atoms with E-state index in [1.807, 2.05) is 0 Å². The van der Waals surface area contributed by atoms with Crippen molar-refractivity contribution < 1.29 is 14.3 Å². The number of carboxylic acids is 1. The van der Waals surface area contributed by atoms with Gasteiger partial charge in [0, 0.05) is 5.39 Å². The lowest BCUT2D eigenvalue weighted by Gasteiger charge is -2.15. The maximum atomic E-state index is 13.8. The van der Waals surface area contributed by atoms with Crippen molar-refractivity contribution in [1.29, 1.82) is 0 Å². The molecule has 0 amide bonds. The van der Waals surface area contributed by atoms with Crippen LogP contribution in [0.2, 0.25) is 0 Å². The van der Waals surface area contributed by atoms with E-state index in [4.69, 9.17) is 5.73 Å². The van der Waals surface area contributed by atoms with E-state index < -0.39 is 17.7 Å². The molecule has 0 spiro atoms. The van der Waals surface area contributed by atoms with Crippen LogP contribution in [-0.2, 0) is 4.79 Å². The van der Waals surface area contributed by atoms with E-state index in [2.05, 4.69) is 0 Å². The normalized spacial score (nSPS) is 12.6. The van der Waals surface area contributed by atoms with Gasteiger partial charge in [0.15, 0.2) is 0 Å². The molecule has 0 aliphatic rings. The summed E-state index contributed by atoms with van der Waals surface area (Å²) < 4.78 is 13.8. The van der Waals surface area contributed by atoms with E-state index in [9.17, 15) is 14.3 Å². The number of aliphatic carboxylic acids is 1. The fraction of sp³-hybridized carbons (Fsp3) is 0.214. The molecule has 1 unspecified atom stereocenters. The number of fused-ring (bicyclic) bond motifs is 1. The molecule has 0 heterocycles. The van der Waals surface area contributed by atoms with Crippen LogP contribution in [0, 0.1) is 5.82 Å². The second-order valence-corrected chi connectivity index (χ2v) is 4.21. The molecule has 2 aromatic rings. The van der Waals surface area contributed by atoms with Crippen LogP contribution in [0.3, 0.4) is 0 Å². The van der Waals surface area contributed by atoms with E-state index in [0.29, 0.717) is 22.8 Å². The highest BCUT2D eigenvalue weighted by atomic mass is 19.1. The first-order valence-electron chi connectivity index (χ1n) is 5.75. The lowest BCUT2D eigenvalue weighted by Crippen LogP contribution is -2.12. The molecule has 0 saturated heterocycles. The Hall–Kier alpha value is -2.10. The quantitative estimate of drug-likeness (QED) is 0.819. The van der Waals surface area contributed by atoms with Gasteiger partial charge in [-0.15, -0.1) is 0 Å². The van der Waals surface area contributed by atoms with Gasteiger partial charge >= 0.3 is 5.97 Å². The van der Waals surface area contributed by atoms with Gasteiger partial charge in [-0.3, -0.25) is 4.79 Å². The summed E-state index contributed by atoms with van der Waals surface area (Å²) in [5.74, 6) is -2.24. The van der Waals surface area contributed by atoms with Crippen LogP contribution in [0.25, 0.3) is 10.8 Å². The van der Waals surface area contributed by atoms with Crippen LogP contribution in [0.1, 0.15) is 24.8 Å². The fourth-order valence-corrected chi connectivity index (χ4v) is 2.21. The Kier molecular flexibility index (Phi) is 3.19. The summed E-state index contributed by atoms with van der Waals surface area (Å²) >= 11 is 0. The first-order chi connectivity index (χ1) is 8.56. The molecule has 0 radical (unpaired) electrons. The summed E-state index contributed by atoms with van der Waals surface area (Å²) in [5.41, 5.74) is 6.23. The standard InChI is InChI=1S/C14H14FNO2/c1-2-8(14(17)18)11-7-12(15)13(16)10-6-4-3-5-9(10)11/h3-8H,2,16H2,1H3,(H,17,18). The van der Waals surface area contributed by atoms with Gasteiger partial charge in [-0.1, -0.05) is 31.2 Å². The van der Waals surface area contributed by atoms with Crippen molar-refractivity contribution in [2.45, 2.75) is 19.3 Å². The van der Waals surface area contributed by atoms with Gasteiger partial charge in [0.05, 0.1) is 11.6 Å². The molecule has 0 aliphatic carbocycles. The Bertz CT molecular complexity index is 610. The molecule has 0 fully saturated rings. The van der Waals surface area contributed by atoms with Gasteiger partial charge in [-0.05, 0) is 23.4 Å². The van der Waals surface area contributed by atoms with Crippen LogP contribution in [-0.4, -0.2) is 11.1 Å². The highest BCUT2D eigenvalue weighted by Crippen LogP contribution is 2.33. The number of rotatable bonds is 3. The number of hydrogen-bond acceptors (Lipinski definition) is 2. The molecule has 0 saturated carbocycles. The molecule has 1 atom stereocenters. The average Bonchev–Trinajstić information content (AvgIpc) is 2.36. The van der Waals surface area contributed by atoms with E-state index in [0.717, 1.165) is 0 Å². The van der Waals surface area contributed by atoms with Crippen molar-refractivity contribution in [1.82, 2.24) is 0 Å². The molecular formula is C14H14FNO2. The number of anilines is 1. The first-order valence-corrected chi connectivity index (χ1v) is 5.75. The lowest BCUT2D eigenvalue weighted by molar-refractivity contribution is -0.138. The lowest BCUT2D eigenvalue weighted by atomic mass is 9.91. The number of nitrogen functional groups attached to an aromatic ring is 1. The second-order valence-electron chi connectivity index (χ2n) is 4.21. The summed E-state index contributed by atoms with van der Waals surface area (Å²) in [7, 11) is 0. The Morgan fingerprint density at radius 3 is 2.56 bits per heavy atom. The van der Waals surface area contributed by atoms with E-state index >= 15 is 0 Å². The van der Waals surface area contributed by atoms with Crippen molar-refractivity contribution in [3.8, 4) is 0 Å². The van der Waals surface area contributed by atoms with Crippen molar-refractivity contribution in [2.75, 3.05) is 5.73 Å². The third-order valence-electron chi connectivity index (χ3n) is 3.15. The summed E-state index contributed by atoms with van der Waals surface area (Å²) in [5, 5.41) is 10.5. The van der Waals surface area contributed by atoms with E-state index in [1.54, 1.807) is 31.2 Å². The van der Waals surface area contributed by atoms with Crippen molar-refractivity contribution in [2.24, 2.45) is 0 Å². The van der Waals surface area contributed by atoms with Gasteiger partial charge in [-0.2, -0.15) is 0 Å². The molecule has 3 nitrogen and oxygen atoms in total. The molecule has 94 valence electrons. The molecular weight excluding hydrogens is 233 g/mol. The van der Waals surface area contributed by atoms with Crippen LogP contribution < -0.4 is 5.73 Å². The third-order valence-corrected chi connectivity index (χ3v) is 3.15. The SMILES string of the molecule is CCC(C(=O)O)c1cc(F)c(N)c2ccccc12. The predicted molar refractivity (Wildman–Crippen MR) is 69.0 cm³/mol. The van der Waals surface area contributed by atoms with E-state index in [-0.39, 0.29) is 5.69 Å². The molecule has 2 rings (SSSR count). The number of halogens is 1. The van der Waals surface area contributed by atoms with Gasteiger partial charge in [-0.25, -0.2) is 4.39 Å². The predicted octanol–water partition coefficient (Wildman–Crippen LogP) is 3.14. The summed E-state index contributed by atoms with van der Waals surface area (Å²) in [6, 6.07) is 8.25. The molecule has 18 heavy (non-hydrogen) atoms. The number of carboxylic acid groups (broad SMARTS) is 1. The Morgan fingerprint density at radius 1 is 1.39 bits per heavy atom. The fourth-order valence-electron chi connectivity index (χ4n) is 2.21. The number of nitrogens with two attached hydrogens (primary N) is 1. The summed E-state index contributed by atoms with van der Waals surface area (Å²) in [4.78, 5) is 11.2. The minimum absolute atomic E-state index is 0.0644. The molecule has 2 aromatic carbocycles. The molecule has 0 bridgehead atoms. The molecule has 4 heteroatoms. The van der Waals surface area contributed by atoms with Crippen molar-refractivity contribution in [3.63, 3.8) is 0 Å². The van der Waals surface area contributed by atoms with Gasteiger partial charge in [0.25, 0.3) is 0 Å². The minimum atomic E-state index is -0.952. The number of hydrogen-bond donors (Lipinski definition) is 2.